The number of aryl methyl sites for hydroxylation is 1. The molecule has 2 amide bonds. The minimum atomic E-state index is -0.232. The smallest absolute Gasteiger partial charge is 0.275 e. The Morgan fingerprint density at radius 2 is 2.00 bits per heavy atom. The molecule has 1 aliphatic rings. The molecule has 0 aliphatic carbocycles. The minimum absolute atomic E-state index is 0.00919. The number of carbonyl (C=O) groups is 2. The summed E-state index contributed by atoms with van der Waals surface area (Å²) < 4.78 is 10.8. The monoisotopic (exact) mass is 389 g/mol. The van der Waals surface area contributed by atoms with Crippen molar-refractivity contribution in [2.45, 2.75) is 19.8 Å². The first-order chi connectivity index (χ1) is 13.2. The van der Waals surface area contributed by atoms with Crippen molar-refractivity contribution in [3.63, 3.8) is 0 Å². The molecule has 27 heavy (non-hydrogen) atoms. The molecule has 0 radical (unpaired) electrons. The van der Waals surface area contributed by atoms with Crippen molar-refractivity contribution in [1.29, 1.82) is 0 Å². The normalized spacial score (nSPS) is 14.0. The maximum absolute atomic E-state index is 12.2. The average Bonchev–Trinajstić information content (AvgIpc) is 3.17. The van der Waals surface area contributed by atoms with Gasteiger partial charge in [-0.25, -0.2) is 4.98 Å². The zero-order valence-corrected chi connectivity index (χ0v) is 16.1. The van der Waals surface area contributed by atoms with Crippen LogP contribution in [-0.4, -0.2) is 54.6 Å². The van der Waals surface area contributed by atoms with Gasteiger partial charge in [0.25, 0.3) is 11.8 Å². The summed E-state index contributed by atoms with van der Waals surface area (Å²) in [7, 11) is 0. The Balaban J connectivity index is 1.49. The Hall–Kier alpha value is -2.45. The predicted octanol–water partition coefficient (Wildman–Crippen LogP) is 2.59. The molecule has 8 heteroatoms. The van der Waals surface area contributed by atoms with Gasteiger partial charge in [-0.3, -0.25) is 9.59 Å². The number of ether oxygens (including phenoxy) is 2. The van der Waals surface area contributed by atoms with E-state index in [1.807, 2.05) is 0 Å². The number of nitrogens with one attached hydrogen (secondary N) is 1. The second-order valence-corrected chi connectivity index (χ2v) is 7.08. The largest absolute Gasteiger partial charge is 0.484 e. The van der Waals surface area contributed by atoms with Gasteiger partial charge in [-0.2, -0.15) is 0 Å². The highest BCUT2D eigenvalue weighted by Crippen LogP contribution is 2.18. The number of carbonyl (C=O) groups excluding carboxylic acids is 2. The summed E-state index contributed by atoms with van der Waals surface area (Å²) in [5.74, 6) is 0.292. The maximum atomic E-state index is 12.2. The highest BCUT2D eigenvalue weighted by molar-refractivity contribution is 7.09. The van der Waals surface area contributed by atoms with E-state index in [1.54, 1.807) is 34.5 Å². The van der Waals surface area contributed by atoms with Gasteiger partial charge in [0.1, 0.15) is 11.4 Å². The maximum Gasteiger partial charge on any atom is 0.275 e. The van der Waals surface area contributed by atoms with E-state index in [9.17, 15) is 9.59 Å². The molecule has 0 spiro atoms. The molecule has 1 fully saturated rings. The Morgan fingerprint density at radius 3 is 2.70 bits per heavy atom. The third kappa shape index (κ3) is 5.51. The van der Waals surface area contributed by atoms with E-state index in [0.29, 0.717) is 43.4 Å². The molecule has 1 aliphatic heterocycles. The molecule has 0 bridgehead atoms. The standard InChI is InChI=1S/C19H23N3O4S/c1-2-3-17-21-16(13-27-17)19(24)20-14-4-6-15(7-5-14)26-12-18(23)22-8-10-25-11-9-22/h4-7,13H,2-3,8-12H2,1H3,(H,20,24). The molecular weight excluding hydrogens is 366 g/mol. The summed E-state index contributed by atoms with van der Waals surface area (Å²) in [6.45, 7) is 4.41. The second kappa shape index (κ2) is 9.48. The van der Waals surface area contributed by atoms with Crippen molar-refractivity contribution < 1.29 is 19.1 Å². The van der Waals surface area contributed by atoms with Crippen LogP contribution in [0.1, 0.15) is 28.8 Å². The van der Waals surface area contributed by atoms with Gasteiger partial charge in [0, 0.05) is 24.2 Å². The van der Waals surface area contributed by atoms with Crippen LogP contribution in [0.4, 0.5) is 5.69 Å². The number of aromatic nitrogens is 1. The fourth-order valence-corrected chi connectivity index (χ4v) is 3.50. The number of thiazole rings is 1. The lowest BCUT2D eigenvalue weighted by Crippen LogP contribution is -2.42. The molecule has 0 saturated carbocycles. The van der Waals surface area contributed by atoms with Crippen LogP contribution in [0.2, 0.25) is 0 Å². The molecule has 1 aromatic heterocycles. The summed E-state index contributed by atoms with van der Waals surface area (Å²) in [6.07, 6.45) is 1.89. The van der Waals surface area contributed by atoms with Crippen LogP contribution in [0.5, 0.6) is 5.75 Å². The molecule has 2 heterocycles. The van der Waals surface area contributed by atoms with Crippen molar-refractivity contribution in [3.05, 3.63) is 40.3 Å². The van der Waals surface area contributed by atoms with Gasteiger partial charge in [-0.1, -0.05) is 6.92 Å². The summed E-state index contributed by atoms with van der Waals surface area (Å²) in [4.78, 5) is 30.4. The Morgan fingerprint density at radius 1 is 1.26 bits per heavy atom. The number of rotatable bonds is 7. The number of amides is 2. The quantitative estimate of drug-likeness (QED) is 0.787. The number of hydrogen-bond donors (Lipinski definition) is 1. The number of benzene rings is 1. The van der Waals surface area contributed by atoms with Gasteiger partial charge in [0.2, 0.25) is 0 Å². The van der Waals surface area contributed by atoms with Gasteiger partial charge in [-0.05, 0) is 37.1 Å². The molecule has 1 aromatic carbocycles. The summed E-state index contributed by atoms with van der Waals surface area (Å²) in [5, 5.41) is 5.56. The number of morpholine rings is 1. The van der Waals surface area contributed by atoms with Gasteiger partial charge in [-0.15, -0.1) is 11.3 Å². The summed E-state index contributed by atoms with van der Waals surface area (Å²) >= 11 is 1.50. The number of anilines is 1. The van der Waals surface area contributed by atoms with Crippen LogP contribution in [0.15, 0.2) is 29.6 Å². The molecular formula is C19H23N3O4S. The van der Waals surface area contributed by atoms with E-state index in [1.165, 1.54) is 11.3 Å². The summed E-state index contributed by atoms with van der Waals surface area (Å²) in [6, 6.07) is 6.94. The van der Waals surface area contributed by atoms with Gasteiger partial charge < -0.3 is 19.7 Å². The van der Waals surface area contributed by atoms with Crippen molar-refractivity contribution >= 4 is 28.8 Å². The van der Waals surface area contributed by atoms with Crippen LogP contribution < -0.4 is 10.1 Å². The first-order valence-electron chi connectivity index (χ1n) is 9.00. The highest BCUT2D eigenvalue weighted by atomic mass is 32.1. The van der Waals surface area contributed by atoms with Crippen molar-refractivity contribution in [3.8, 4) is 5.75 Å². The van der Waals surface area contributed by atoms with Crippen LogP contribution in [-0.2, 0) is 16.0 Å². The van der Waals surface area contributed by atoms with Crippen molar-refractivity contribution in [2.24, 2.45) is 0 Å². The van der Waals surface area contributed by atoms with Gasteiger partial charge >= 0.3 is 0 Å². The highest BCUT2D eigenvalue weighted by Gasteiger charge is 2.17. The minimum Gasteiger partial charge on any atom is -0.484 e. The third-order valence-corrected chi connectivity index (χ3v) is 5.00. The third-order valence-electron chi connectivity index (χ3n) is 4.09. The zero-order chi connectivity index (χ0) is 19.1. The van der Waals surface area contributed by atoms with Crippen LogP contribution >= 0.6 is 11.3 Å². The van der Waals surface area contributed by atoms with Crippen molar-refractivity contribution in [1.82, 2.24) is 9.88 Å². The molecule has 0 atom stereocenters. The molecule has 144 valence electrons. The predicted molar refractivity (Wildman–Crippen MR) is 103 cm³/mol. The molecule has 7 nitrogen and oxygen atoms in total. The molecule has 2 aromatic rings. The number of hydrogen-bond acceptors (Lipinski definition) is 6. The summed E-state index contributed by atoms with van der Waals surface area (Å²) in [5.41, 5.74) is 1.08. The number of nitrogens with zero attached hydrogens (tertiary/aromatic N) is 2. The Labute approximate surface area is 162 Å². The van der Waals surface area contributed by atoms with Crippen LogP contribution in [0.25, 0.3) is 0 Å². The van der Waals surface area contributed by atoms with E-state index in [0.717, 1.165) is 17.8 Å². The van der Waals surface area contributed by atoms with E-state index in [2.05, 4.69) is 17.2 Å². The van der Waals surface area contributed by atoms with Crippen LogP contribution in [0, 0.1) is 0 Å². The average molecular weight is 389 g/mol. The fraction of sp³-hybridized carbons (Fsp3) is 0.421. The van der Waals surface area contributed by atoms with Gasteiger partial charge in [0.15, 0.2) is 6.61 Å². The van der Waals surface area contributed by atoms with Gasteiger partial charge in [0.05, 0.1) is 18.2 Å². The first kappa shape index (κ1) is 19.3. The lowest BCUT2D eigenvalue weighted by molar-refractivity contribution is -0.137. The Kier molecular flexibility index (Phi) is 6.78. The van der Waals surface area contributed by atoms with E-state index >= 15 is 0 Å². The molecule has 0 unspecified atom stereocenters. The van der Waals surface area contributed by atoms with Crippen LogP contribution in [0.3, 0.4) is 0 Å². The van der Waals surface area contributed by atoms with Crippen molar-refractivity contribution in [2.75, 3.05) is 38.2 Å². The van der Waals surface area contributed by atoms with E-state index in [4.69, 9.17) is 9.47 Å². The lowest BCUT2D eigenvalue weighted by Gasteiger charge is -2.26. The van der Waals surface area contributed by atoms with E-state index < -0.39 is 0 Å². The SMILES string of the molecule is CCCc1nc(C(=O)Nc2ccc(OCC(=O)N3CCOCC3)cc2)cs1. The molecule has 1 saturated heterocycles. The zero-order valence-electron chi connectivity index (χ0n) is 15.3. The molecule has 3 rings (SSSR count). The Bertz CT molecular complexity index is 770. The molecule has 1 N–H and O–H groups in total. The first-order valence-corrected chi connectivity index (χ1v) is 9.88. The second-order valence-electron chi connectivity index (χ2n) is 6.14. The topological polar surface area (TPSA) is 80.8 Å². The fourth-order valence-electron chi connectivity index (χ4n) is 2.62. The van der Waals surface area contributed by atoms with E-state index in [-0.39, 0.29) is 18.4 Å². The lowest BCUT2D eigenvalue weighted by atomic mass is 10.3.